The molecule has 144 valence electrons. The molecule has 1 aromatic rings. The van der Waals surface area contributed by atoms with E-state index >= 15 is 0 Å². The number of amides is 3. The predicted octanol–water partition coefficient (Wildman–Crippen LogP) is 1.38. The lowest BCUT2D eigenvalue weighted by atomic mass is 9.85. The Morgan fingerprint density at radius 1 is 1.18 bits per heavy atom. The Morgan fingerprint density at radius 2 is 1.75 bits per heavy atom. The van der Waals surface area contributed by atoms with Crippen LogP contribution in [0.1, 0.15) is 25.3 Å². The summed E-state index contributed by atoms with van der Waals surface area (Å²) >= 11 is 0. The number of imide groups is 1. The average Bonchev–Trinajstić information content (AvgIpc) is 2.97. The van der Waals surface area contributed by atoms with Crippen LogP contribution in [0.4, 0.5) is 5.69 Å². The van der Waals surface area contributed by atoms with Gasteiger partial charge in [-0.1, -0.05) is 12.2 Å². The van der Waals surface area contributed by atoms with Gasteiger partial charge < -0.3 is 10.1 Å². The molecule has 1 fully saturated rings. The van der Waals surface area contributed by atoms with Crippen LogP contribution in [-0.2, 0) is 23.9 Å². The number of nitrogens with zero attached hydrogens (tertiary/aromatic N) is 2. The molecule has 28 heavy (non-hydrogen) atoms. The van der Waals surface area contributed by atoms with Crippen molar-refractivity contribution in [2.45, 2.75) is 25.8 Å². The number of carbonyl (C=O) groups excluding carboxylic acids is 4. The van der Waals surface area contributed by atoms with E-state index in [9.17, 15) is 19.2 Å². The molecule has 1 N–H and O–H groups in total. The fourth-order valence-electron chi connectivity index (χ4n) is 3.40. The van der Waals surface area contributed by atoms with Gasteiger partial charge in [0.1, 0.15) is 6.04 Å². The molecule has 0 unspecified atom stereocenters. The number of ether oxygens (including phenoxy) is 1. The molecule has 0 aromatic heterocycles. The summed E-state index contributed by atoms with van der Waals surface area (Å²) in [5.41, 5.74) is 0.906. The molecule has 1 saturated heterocycles. The molecule has 0 spiro atoms. The Labute approximate surface area is 161 Å². The molecule has 1 heterocycles. The van der Waals surface area contributed by atoms with Crippen LogP contribution in [0.3, 0.4) is 0 Å². The number of carbonyl (C=O) groups is 4. The minimum absolute atomic E-state index is 0.370. The third kappa shape index (κ3) is 3.78. The molecule has 3 amide bonds. The molecule has 0 bridgehead atoms. The predicted molar refractivity (Wildman–Crippen MR) is 97.4 cm³/mol. The van der Waals surface area contributed by atoms with Crippen LogP contribution in [0.2, 0.25) is 0 Å². The third-order valence-electron chi connectivity index (χ3n) is 4.91. The lowest BCUT2D eigenvalue weighted by molar-refractivity contribution is -0.159. The monoisotopic (exact) mass is 381 g/mol. The third-order valence-corrected chi connectivity index (χ3v) is 4.91. The van der Waals surface area contributed by atoms with E-state index < -0.39 is 36.4 Å². The molecule has 2 aliphatic rings. The summed E-state index contributed by atoms with van der Waals surface area (Å²) < 4.78 is 4.98. The van der Waals surface area contributed by atoms with Crippen LogP contribution >= 0.6 is 0 Å². The van der Waals surface area contributed by atoms with E-state index in [2.05, 4.69) is 5.32 Å². The van der Waals surface area contributed by atoms with Gasteiger partial charge in [0.2, 0.25) is 11.8 Å². The molecule has 1 aliphatic heterocycles. The Morgan fingerprint density at radius 3 is 2.29 bits per heavy atom. The summed E-state index contributed by atoms with van der Waals surface area (Å²) in [5.74, 6) is -2.97. The zero-order valence-electron chi connectivity index (χ0n) is 15.3. The van der Waals surface area contributed by atoms with Crippen LogP contribution in [-0.4, -0.2) is 41.2 Å². The highest BCUT2D eigenvalue weighted by atomic mass is 16.5. The average molecular weight is 381 g/mol. The van der Waals surface area contributed by atoms with Crippen molar-refractivity contribution in [1.29, 1.82) is 5.26 Å². The number of fused-ring (bicyclic) bond motifs is 1. The van der Waals surface area contributed by atoms with Gasteiger partial charge in [0.15, 0.2) is 6.61 Å². The first-order valence-corrected chi connectivity index (χ1v) is 8.91. The zero-order chi connectivity index (χ0) is 20.3. The summed E-state index contributed by atoms with van der Waals surface area (Å²) in [6.07, 6.45) is 4.71. The van der Waals surface area contributed by atoms with E-state index in [0.29, 0.717) is 24.1 Å². The normalized spacial score (nSPS) is 21.6. The molecule has 3 atom stereocenters. The number of hydrogen-bond donors (Lipinski definition) is 1. The lowest BCUT2D eigenvalue weighted by Crippen LogP contribution is -2.45. The number of nitriles is 1. The van der Waals surface area contributed by atoms with Crippen molar-refractivity contribution in [3.8, 4) is 6.07 Å². The van der Waals surface area contributed by atoms with E-state index in [1.165, 1.54) is 6.92 Å². The summed E-state index contributed by atoms with van der Waals surface area (Å²) in [6, 6.07) is 7.07. The first kappa shape index (κ1) is 19.3. The second-order valence-corrected chi connectivity index (χ2v) is 6.72. The summed E-state index contributed by atoms with van der Waals surface area (Å²) in [7, 11) is 0. The molecule has 0 radical (unpaired) electrons. The summed E-state index contributed by atoms with van der Waals surface area (Å²) in [6.45, 7) is 0.870. The van der Waals surface area contributed by atoms with E-state index in [1.807, 2.05) is 18.2 Å². The molecule has 3 rings (SSSR count). The molecule has 8 nitrogen and oxygen atoms in total. The van der Waals surface area contributed by atoms with Crippen molar-refractivity contribution < 1.29 is 23.9 Å². The maximum Gasteiger partial charge on any atom is 0.329 e. The van der Waals surface area contributed by atoms with Gasteiger partial charge in [-0.25, -0.2) is 4.79 Å². The number of nitrogens with one attached hydrogen (secondary N) is 1. The van der Waals surface area contributed by atoms with Crippen LogP contribution in [0.15, 0.2) is 36.4 Å². The molecule has 0 saturated carbocycles. The number of hydrogen-bond acceptors (Lipinski definition) is 6. The Hall–Kier alpha value is -3.47. The highest BCUT2D eigenvalue weighted by molar-refractivity contribution is 6.08. The number of rotatable bonds is 5. The van der Waals surface area contributed by atoms with Crippen molar-refractivity contribution in [3.63, 3.8) is 0 Å². The second-order valence-electron chi connectivity index (χ2n) is 6.72. The van der Waals surface area contributed by atoms with Gasteiger partial charge >= 0.3 is 5.97 Å². The van der Waals surface area contributed by atoms with Crippen LogP contribution in [0.25, 0.3) is 0 Å². The zero-order valence-corrected chi connectivity index (χ0v) is 15.3. The summed E-state index contributed by atoms with van der Waals surface area (Å²) in [4.78, 5) is 50.1. The first-order valence-electron chi connectivity index (χ1n) is 8.91. The van der Waals surface area contributed by atoms with Crippen molar-refractivity contribution in [2.75, 3.05) is 11.9 Å². The lowest BCUT2D eigenvalue weighted by Gasteiger charge is -2.21. The Balaban J connectivity index is 1.54. The Kier molecular flexibility index (Phi) is 5.54. The topological polar surface area (TPSA) is 117 Å². The van der Waals surface area contributed by atoms with Gasteiger partial charge in [-0.15, -0.1) is 0 Å². The standard InChI is InChI=1S/C20H19N3O5/c1-12(23-18(25)15-4-2-3-5-16(15)19(23)26)20(27)28-11-17(24)22-14-8-6-13(10-21)7-9-14/h2-3,6-9,12,15-16H,4-5,11H2,1H3,(H,22,24)/t12-,15+,16+/m0/s1. The van der Waals surface area contributed by atoms with Crippen LogP contribution < -0.4 is 5.32 Å². The van der Waals surface area contributed by atoms with E-state index in [-0.39, 0.29) is 11.8 Å². The fraction of sp³-hybridized carbons (Fsp3) is 0.350. The van der Waals surface area contributed by atoms with Crippen LogP contribution in [0, 0.1) is 23.2 Å². The van der Waals surface area contributed by atoms with Gasteiger partial charge in [-0.05, 0) is 44.0 Å². The summed E-state index contributed by atoms with van der Waals surface area (Å²) in [5, 5.41) is 11.3. The number of anilines is 1. The van der Waals surface area contributed by atoms with Gasteiger partial charge in [0, 0.05) is 5.69 Å². The molecule has 8 heteroatoms. The molecular formula is C20H19N3O5. The smallest absolute Gasteiger partial charge is 0.329 e. The first-order chi connectivity index (χ1) is 13.4. The molecular weight excluding hydrogens is 362 g/mol. The van der Waals surface area contributed by atoms with Gasteiger partial charge in [0.05, 0.1) is 23.5 Å². The minimum atomic E-state index is -1.09. The van der Waals surface area contributed by atoms with Gasteiger partial charge in [-0.2, -0.15) is 5.26 Å². The fourth-order valence-corrected chi connectivity index (χ4v) is 3.40. The van der Waals surface area contributed by atoms with Crippen molar-refractivity contribution in [3.05, 3.63) is 42.0 Å². The van der Waals surface area contributed by atoms with Crippen molar-refractivity contribution in [1.82, 2.24) is 4.90 Å². The van der Waals surface area contributed by atoms with E-state index in [0.717, 1.165) is 4.90 Å². The maximum atomic E-state index is 12.5. The van der Waals surface area contributed by atoms with Gasteiger partial charge in [0.25, 0.3) is 5.91 Å². The largest absolute Gasteiger partial charge is 0.454 e. The maximum absolute atomic E-state index is 12.5. The van der Waals surface area contributed by atoms with E-state index in [1.54, 1.807) is 24.3 Å². The number of allylic oxidation sites excluding steroid dienone is 2. The van der Waals surface area contributed by atoms with Crippen molar-refractivity contribution >= 4 is 29.4 Å². The quantitative estimate of drug-likeness (QED) is 0.468. The highest BCUT2D eigenvalue weighted by Gasteiger charge is 2.50. The number of esters is 1. The van der Waals surface area contributed by atoms with Gasteiger partial charge in [-0.3, -0.25) is 19.3 Å². The van der Waals surface area contributed by atoms with Crippen LogP contribution in [0.5, 0.6) is 0 Å². The Bertz CT molecular complexity index is 858. The minimum Gasteiger partial charge on any atom is -0.454 e. The number of likely N-dealkylation sites (tertiary alicyclic amines) is 1. The molecule has 1 aliphatic carbocycles. The highest BCUT2D eigenvalue weighted by Crippen LogP contribution is 2.36. The SMILES string of the molecule is C[C@@H](C(=O)OCC(=O)Nc1ccc(C#N)cc1)N1C(=O)[C@@H]2CC=CC[C@H]2C1=O. The molecule has 1 aromatic carbocycles. The van der Waals surface area contributed by atoms with Crippen molar-refractivity contribution in [2.24, 2.45) is 11.8 Å². The number of benzene rings is 1. The van der Waals surface area contributed by atoms with E-state index in [4.69, 9.17) is 10.00 Å². The second kappa shape index (κ2) is 8.05.